The van der Waals surface area contributed by atoms with E-state index in [0.717, 1.165) is 5.56 Å². The molecule has 3 aromatic carbocycles. The average Bonchev–Trinajstić information content (AvgIpc) is 2.77. The summed E-state index contributed by atoms with van der Waals surface area (Å²) in [4.78, 5) is 25.1. The zero-order valence-electron chi connectivity index (χ0n) is 16.9. The molecule has 0 fully saturated rings. The maximum Gasteiger partial charge on any atom is 0.416 e. The topological polar surface area (TPSA) is 83.6 Å². The fourth-order valence-corrected chi connectivity index (χ4v) is 4.06. The summed E-state index contributed by atoms with van der Waals surface area (Å²) in [7, 11) is -4.77. The molecule has 0 saturated carbocycles. The summed E-state index contributed by atoms with van der Waals surface area (Å²) < 4.78 is 65.1. The summed E-state index contributed by atoms with van der Waals surface area (Å²) >= 11 is 5.79. The molecule has 172 valence electrons. The SMILES string of the molecule is Cc1ccc(C(=O)N(NC(=O)c2ccc(Cl)cc2)S(=O)(=O)c2ccc(C(F)(F)F)cc2)cc1. The lowest BCUT2D eigenvalue weighted by atomic mass is 10.1. The Kier molecular flexibility index (Phi) is 6.80. The van der Waals surface area contributed by atoms with Gasteiger partial charge in [-0.2, -0.15) is 21.6 Å². The molecule has 0 spiro atoms. The van der Waals surface area contributed by atoms with Crippen molar-refractivity contribution in [2.75, 3.05) is 0 Å². The van der Waals surface area contributed by atoms with E-state index >= 15 is 0 Å². The summed E-state index contributed by atoms with van der Waals surface area (Å²) in [5.41, 5.74) is 1.72. The molecule has 0 bridgehead atoms. The van der Waals surface area contributed by atoms with Crippen LogP contribution in [0.2, 0.25) is 5.02 Å². The molecular weight excluding hydrogens is 481 g/mol. The van der Waals surface area contributed by atoms with Gasteiger partial charge in [0.2, 0.25) is 0 Å². The molecule has 11 heteroatoms. The molecule has 2 amide bonds. The Balaban J connectivity index is 2.02. The number of benzene rings is 3. The number of hydrazine groups is 1. The van der Waals surface area contributed by atoms with Gasteiger partial charge in [0.15, 0.2) is 0 Å². The van der Waals surface area contributed by atoms with E-state index in [1.165, 1.54) is 36.4 Å². The van der Waals surface area contributed by atoms with Gasteiger partial charge in [-0.15, -0.1) is 4.41 Å². The minimum absolute atomic E-state index is 0.00345. The number of alkyl halides is 3. The molecule has 0 aromatic heterocycles. The Hall–Kier alpha value is -3.37. The van der Waals surface area contributed by atoms with Crippen molar-refractivity contribution in [3.63, 3.8) is 0 Å². The lowest BCUT2D eigenvalue weighted by Gasteiger charge is -2.23. The van der Waals surface area contributed by atoms with Crippen LogP contribution >= 0.6 is 11.6 Å². The van der Waals surface area contributed by atoms with Gasteiger partial charge in [-0.1, -0.05) is 29.3 Å². The van der Waals surface area contributed by atoms with Crippen LogP contribution in [0.15, 0.2) is 77.7 Å². The van der Waals surface area contributed by atoms with Crippen molar-refractivity contribution in [3.8, 4) is 0 Å². The van der Waals surface area contributed by atoms with Crippen molar-refractivity contribution in [1.29, 1.82) is 0 Å². The first kappa shape index (κ1) is 24.3. The first-order valence-corrected chi connectivity index (χ1v) is 11.1. The largest absolute Gasteiger partial charge is 0.416 e. The zero-order chi connectivity index (χ0) is 24.4. The molecule has 0 atom stereocenters. The summed E-state index contributed by atoms with van der Waals surface area (Å²) in [5, 5.41) is 0.330. The molecule has 0 heterocycles. The number of carbonyl (C=O) groups excluding carboxylic acids is 2. The number of sulfonamides is 1. The second-order valence-electron chi connectivity index (χ2n) is 6.91. The minimum atomic E-state index is -4.77. The molecule has 0 aliphatic carbocycles. The molecule has 33 heavy (non-hydrogen) atoms. The van der Waals surface area contributed by atoms with Crippen LogP contribution < -0.4 is 5.43 Å². The van der Waals surface area contributed by atoms with Crippen molar-refractivity contribution in [2.24, 2.45) is 0 Å². The maximum atomic E-state index is 13.2. The lowest BCUT2D eigenvalue weighted by Crippen LogP contribution is -2.49. The van der Waals surface area contributed by atoms with Gasteiger partial charge in [-0.3, -0.25) is 9.59 Å². The normalized spacial score (nSPS) is 11.7. The maximum absolute atomic E-state index is 13.2. The molecule has 0 aliphatic heterocycles. The van der Waals surface area contributed by atoms with Crippen LogP contribution in [0.25, 0.3) is 0 Å². The highest BCUT2D eigenvalue weighted by Gasteiger charge is 2.34. The number of halogens is 4. The number of carbonyl (C=O) groups is 2. The highest BCUT2D eigenvalue weighted by Crippen LogP contribution is 2.30. The molecular formula is C22H16ClF3N2O4S. The fraction of sp³-hybridized carbons (Fsp3) is 0.0909. The Morgan fingerprint density at radius 3 is 1.88 bits per heavy atom. The van der Waals surface area contributed by atoms with E-state index in [0.29, 0.717) is 29.3 Å². The third-order valence-electron chi connectivity index (χ3n) is 4.51. The van der Waals surface area contributed by atoms with Gasteiger partial charge in [0.05, 0.1) is 10.5 Å². The monoisotopic (exact) mass is 496 g/mol. The average molecular weight is 497 g/mol. The third kappa shape index (κ3) is 5.52. The van der Waals surface area contributed by atoms with E-state index in [4.69, 9.17) is 11.6 Å². The van der Waals surface area contributed by atoms with Crippen LogP contribution in [-0.4, -0.2) is 24.6 Å². The number of aryl methyl sites for hydroxylation is 1. The molecule has 0 radical (unpaired) electrons. The number of rotatable bonds is 4. The number of nitrogens with one attached hydrogen (secondary N) is 1. The number of amides is 2. The minimum Gasteiger partial charge on any atom is -0.267 e. The quantitative estimate of drug-likeness (QED) is 0.524. The van der Waals surface area contributed by atoms with E-state index in [9.17, 15) is 31.2 Å². The lowest BCUT2D eigenvalue weighted by molar-refractivity contribution is -0.137. The van der Waals surface area contributed by atoms with Gasteiger partial charge in [-0.05, 0) is 67.6 Å². The van der Waals surface area contributed by atoms with Gasteiger partial charge in [0.1, 0.15) is 0 Å². The van der Waals surface area contributed by atoms with E-state index in [1.807, 2.05) is 5.43 Å². The second-order valence-corrected chi connectivity index (χ2v) is 9.13. The molecule has 1 N–H and O–H groups in total. The summed E-state index contributed by atoms with van der Waals surface area (Å²) in [6.45, 7) is 1.76. The Morgan fingerprint density at radius 1 is 0.848 bits per heavy atom. The molecule has 3 rings (SSSR count). The van der Waals surface area contributed by atoms with Gasteiger partial charge >= 0.3 is 6.18 Å². The standard InChI is InChI=1S/C22H16ClF3N2O4S/c1-14-2-4-16(5-3-14)21(30)28(27-20(29)15-6-10-18(23)11-7-15)33(31,32)19-12-8-17(9-13-19)22(24,25)26/h2-13H,1H3,(H,27,29). The summed E-state index contributed by atoms with van der Waals surface area (Å²) in [5.74, 6) is -2.04. The van der Waals surface area contributed by atoms with Crippen LogP contribution in [0.5, 0.6) is 0 Å². The van der Waals surface area contributed by atoms with Gasteiger partial charge < -0.3 is 0 Å². The Bertz CT molecular complexity index is 1280. The smallest absolute Gasteiger partial charge is 0.267 e. The molecule has 0 unspecified atom stereocenters. The predicted molar refractivity (Wildman–Crippen MR) is 115 cm³/mol. The molecule has 0 aliphatic rings. The Morgan fingerprint density at radius 2 is 1.36 bits per heavy atom. The van der Waals surface area contributed by atoms with Crippen molar-refractivity contribution in [3.05, 3.63) is 100 Å². The highest BCUT2D eigenvalue weighted by molar-refractivity contribution is 7.89. The van der Waals surface area contributed by atoms with Crippen LogP contribution in [0.3, 0.4) is 0 Å². The predicted octanol–water partition coefficient (Wildman–Crippen LogP) is 4.84. The van der Waals surface area contributed by atoms with Gasteiger partial charge in [0, 0.05) is 16.1 Å². The van der Waals surface area contributed by atoms with Crippen molar-refractivity contribution >= 4 is 33.4 Å². The van der Waals surface area contributed by atoms with Gasteiger partial charge in [-0.25, -0.2) is 5.43 Å². The van der Waals surface area contributed by atoms with Gasteiger partial charge in [0.25, 0.3) is 21.8 Å². The van der Waals surface area contributed by atoms with Crippen LogP contribution in [0, 0.1) is 6.92 Å². The van der Waals surface area contributed by atoms with E-state index < -0.39 is 38.5 Å². The fourth-order valence-electron chi connectivity index (χ4n) is 2.71. The molecule has 0 saturated heterocycles. The summed E-state index contributed by atoms with van der Waals surface area (Å²) in [6.07, 6.45) is -4.68. The highest BCUT2D eigenvalue weighted by atomic mass is 35.5. The first-order chi connectivity index (χ1) is 15.4. The number of nitrogens with zero attached hydrogens (tertiary/aromatic N) is 1. The van der Waals surface area contributed by atoms with Crippen LogP contribution in [-0.2, 0) is 16.2 Å². The first-order valence-electron chi connectivity index (χ1n) is 9.30. The zero-order valence-corrected chi connectivity index (χ0v) is 18.5. The molecule has 3 aromatic rings. The van der Waals surface area contributed by atoms with Crippen LogP contribution in [0.4, 0.5) is 13.2 Å². The number of hydrogen-bond acceptors (Lipinski definition) is 4. The van der Waals surface area contributed by atoms with Crippen molar-refractivity contribution in [1.82, 2.24) is 9.84 Å². The van der Waals surface area contributed by atoms with Crippen LogP contribution in [0.1, 0.15) is 31.8 Å². The Labute approximate surface area is 192 Å². The third-order valence-corrected chi connectivity index (χ3v) is 6.37. The van der Waals surface area contributed by atoms with Crippen molar-refractivity contribution in [2.45, 2.75) is 18.0 Å². The van der Waals surface area contributed by atoms with E-state index in [-0.39, 0.29) is 15.5 Å². The number of hydrogen-bond donors (Lipinski definition) is 1. The van der Waals surface area contributed by atoms with E-state index in [1.54, 1.807) is 19.1 Å². The van der Waals surface area contributed by atoms with Crippen molar-refractivity contribution < 1.29 is 31.2 Å². The van der Waals surface area contributed by atoms with E-state index in [2.05, 4.69) is 0 Å². The molecule has 6 nitrogen and oxygen atoms in total. The second kappa shape index (κ2) is 9.24. The summed E-state index contributed by atoms with van der Waals surface area (Å²) in [6, 6.07) is 13.8.